The van der Waals surface area contributed by atoms with Gasteiger partial charge in [-0.15, -0.1) is 0 Å². The minimum absolute atomic E-state index is 0.294. The summed E-state index contributed by atoms with van der Waals surface area (Å²) in [5, 5.41) is 2.69. The summed E-state index contributed by atoms with van der Waals surface area (Å²) in [5.41, 5.74) is 1.48. The molecule has 0 saturated carbocycles. The maximum absolute atomic E-state index is 11.4. The normalized spacial score (nSPS) is 17.7. The Morgan fingerprint density at radius 1 is 1.24 bits per heavy atom. The molecule has 2 amide bonds. The topological polar surface area (TPSA) is 46.2 Å². The number of hydrogen-bond acceptors (Lipinski definition) is 3. The molecule has 1 fully saturated rings. The number of halogens is 2. The second-order valence-corrected chi connectivity index (χ2v) is 5.32. The summed E-state index contributed by atoms with van der Waals surface area (Å²) in [6.07, 6.45) is 1.52. The third-order valence-corrected chi connectivity index (χ3v) is 3.58. The average Bonchev–Trinajstić information content (AvgIpc) is 2.51. The summed E-state index contributed by atoms with van der Waals surface area (Å²) in [7, 11) is 0. The first-order valence-electron chi connectivity index (χ1n) is 4.68. The van der Waals surface area contributed by atoms with Crippen molar-refractivity contribution in [3.05, 3.63) is 38.2 Å². The third kappa shape index (κ3) is 2.65. The van der Waals surface area contributed by atoms with Gasteiger partial charge < -0.3 is 0 Å². The summed E-state index contributed by atoms with van der Waals surface area (Å²) in [6, 6.07) is 3.50. The maximum atomic E-state index is 11.4. The standard InChI is InChI=1S/C11H7Cl2NO2S/c1-5-2-7(12)6(8(13)3-5)4-9-10(15)14-11(16)17-9/h2-4H,1H3,(H,14,15,16)/b9-4-. The van der Waals surface area contributed by atoms with Gasteiger partial charge in [-0.05, 0) is 42.5 Å². The van der Waals surface area contributed by atoms with Crippen LogP contribution in [0.3, 0.4) is 0 Å². The van der Waals surface area contributed by atoms with E-state index in [-0.39, 0.29) is 5.24 Å². The minimum atomic E-state index is -0.423. The van der Waals surface area contributed by atoms with Crippen LogP contribution in [0.5, 0.6) is 0 Å². The molecule has 17 heavy (non-hydrogen) atoms. The number of imide groups is 1. The number of amides is 2. The van der Waals surface area contributed by atoms with Crippen molar-refractivity contribution in [2.24, 2.45) is 0 Å². The van der Waals surface area contributed by atoms with Gasteiger partial charge in [0, 0.05) is 15.6 Å². The highest BCUT2D eigenvalue weighted by atomic mass is 35.5. The Morgan fingerprint density at radius 3 is 2.29 bits per heavy atom. The van der Waals surface area contributed by atoms with E-state index >= 15 is 0 Å². The van der Waals surface area contributed by atoms with E-state index in [2.05, 4.69) is 5.32 Å². The lowest BCUT2D eigenvalue weighted by atomic mass is 10.1. The van der Waals surface area contributed by atoms with Crippen molar-refractivity contribution in [2.75, 3.05) is 0 Å². The van der Waals surface area contributed by atoms with Crippen molar-refractivity contribution in [2.45, 2.75) is 6.92 Å². The van der Waals surface area contributed by atoms with Gasteiger partial charge in [-0.25, -0.2) is 0 Å². The van der Waals surface area contributed by atoms with E-state index in [1.54, 1.807) is 12.1 Å². The van der Waals surface area contributed by atoms with Crippen LogP contribution in [-0.2, 0) is 4.79 Å². The van der Waals surface area contributed by atoms with Crippen LogP contribution in [-0.4, -0.2) is 11.1 Å². The van der Waals surface area contributed by atoms with Crippen molar-refractivity contribution >= 4 is 52.2 Å². The molecule has 0 radical (unpaired) electrons. The smallest absolute Gasteiger partial charge is 0.282 e. The average molecular weight is 288 g/mol. The van der Waals surface area contributed by atoms with E-state index in [0.717, 1.165) is 17.3 Å². The molecular formula is C11H7Cl2NO2S. The fraction of sp³-hybridized carbons (Fsp3) is 0.0909. The molecule has 88 valence electrons. The molecule has 2 rings (SSSR count). The number of hydrogen-bond donors (Lipinski definition) is 1. The molecule has 1 heterocycles. The highest BCUT2D eigenvalue weighted by molar-refractivity contribution is 8.18. The van der Waals surface area contributed by atoms with Crippen molar-refractivity contribution in [3.8, 4) is 0 Å². The number of carbonyl (C=O) groups is 2. The molecular weight excluding hydrogens is 281 g/mol. The number of thioether (sulfide) groups is 1. The van der Waals surface area contributed by atoms with Gasteiger partial charge in [-0.3, -0.25) is 14.9 Å². The SMILES string of the molecule is Cc1cc(Cl)c(/C=C2\SC(=O)NC2=O)c(Cl)c1. The second kappa shape index (κ2) is 4.72. The molecule has 3 nitrogen and oxygen atoms in total. The first-order chi connectivity index (χ1) is 7.97. The molecule has 0 spiro atoms. The molecule has 1 aliphatic rings. The lowest BCUT2D eigenvalue weighted by Crippen LogP contribution is -2.17. The van der Waals surface area contributed by atoms with Crippen LogP contribution in [0, 0.1) is 6.92 Å². The highest BCUT2D eigenvalue weighted by Crippen LogP contribution is 2.32. The minimum Gasteiger partial charge on any atom is -0.282 e. The molecule has 0 unspecified atom stereocenters. The fourth-order valence-electron chi connectivity index (χ4n) is 1.40. The van der Waals surface area contributed by atoms with Crippen LogP contribution in [0.1, 0.15) is 11.1 Å². The van der Waals surface area contributed by atoms with Crippen LogP contribution >= 0.6 is 35.0 Å². The van der Waals surface area contributed by atoms with Gasteiger partial charge in [0.15, 0.2) is 0 Å². The zero-order valence-electron chi connectivity index (χ0n) is 8.71. The molecule has 0 bridgehead atoms. The molecule has 6 heteroatoms. The summed E-state index contributed by atoms with van der Waals surface area (Å²) in [4.78, 5) is 22.7. The summed E-state index contributed by atoms with van der Waals surface area (Å²) >= 11 is 12.9. The zero-order chi connectivity index (χ0) is 12.6. The number of benzene rings is 1. The van der Waals surface area contributed by atoms with Gasteiger partial charge in [-0.2, -0.15) is 0 Å². The lowest BCUT2D eigenvalue weighted by Gasteiger charge is -2.04. The van der Waals surface area contributed by atoms with Crippen molar-refractivity contribution < 1.29 is 9.59 Å². The molecule has 1 aromatic carbocycles. The van der Waals surface area contributed by atoms with Crippen LogP contribution in [0.4, 0.5) is 4.79 Å². The fourth-order valence-corrected chi connectivity index (χ4v) is 2.77. The number of rotatable bonds is 1. The van der Waals surface area contributed by atoms with Crippen LogP contribution < -0.4 is 5.32 Å². The highest BCUT2D eigenvalue weighted by Gasteiger charge is 2.25. The first kappa shape index (κ1) is 12.5. The quantitative estimate of drug-likeness (QED) is 0.803. The van der Waals surface area contributed by atoms with Crippen LogP contribution in [0.25, 0.3) is 6.08 Å². The predicted molar refractivity (Wildman–Crippen MR) is 70.3 cm³/mol. The Bertz CT molecular complexity index is 531. The molecule has 1 aromatic rings. The largest absolute Gasteiger partial charge is 0.290 e. The van der Waals surface area contributed by atoms with Crippen molar-refractivity contribution in [1.29, 1.82) is 0 Å². The van der Waals surface area contributed by atoms with Gasteiger partial charge in [0.1, 0.15) is 0 Å². The second-order valence-electron chi connectivity index (χ2n) is 3.49. The molecule has 0 aliphatic carbocycles. The van der Waals surface area contributed by atoms with Gasteiger partial charge in [0.25, 0.3) is 11.1 Å². The Balaban J connectivity index is 2.46. The Labute approximate surface area is 112 Å². The molecule has 1 saturated heterocycles. The molecule has 0 aromatic heterocycles. The van der Waals surface area contributed by atoms with E-state index in [0.29, 0.717) is 20.5 Å². The van der Waals surface area contributed by atoms with Crippen LogP contribution in [0.2, 0.25) is 10.0 Å². The number of aryl methyl sites for hydroxylation is 1. The molecule has 1 aliphatic heterocycles. The van der Waals surface area contributed by atoms with Gasteiger partial charge in [-0.1, -0.05) is 23.2 Å². The first-order valence-corrected chi connectivity index (χ1v) is 6.25. The third-order valence-electron chi connectivity index (χ3n) is 2.14. The van der Waals surface area contributed by atoms with Gasteiger partial charge in [0.05, 0.1) is 4.91 Å². The summed E-state index contributed by atoms with van der Waals surface area (Å²) < 4.78 is 0. The van der Waals surface area contributed by atoms with E-state index in [9.17, 15) is 9.59 Å². The Morgan fingerprint density at radius 2 is 1.82 bits per heavy atom. The monoisotopic (exact) mass is 287 g/mol. The van der Waals surface area contributed by atoms with E-state index in [4.69, 9.17) is 23.2 Å². The van der Waals surface area contributed by atoms with Gasteiger partial charge >= 0.3 is 0 Å². The predicted octanol–water partition coefficient (Wildman–Crippen LogP) is 3.63. The summed E-state index contributed by atoms with van der Waals surface area (Å²) in [6.45, 7) is 1.87. The van der Waals surface area contributed by atoms with Crippen LogP contribution in [0.15, 0.2) is 17.0 Å². The van der Waals surface area contributed by atoms with E-state index < -0.39 is 5.91 Å². The van der Waals surface area contributed by atoms with Gasteiger partial charge in [0.2, 0.25) is 0 Å². The Hall–Kier alpha value is -0.970. The maximum Gasteiger partial charge on any atom is 0.290 e. The summed E-state index contributed by atoms with van der Waals surface area (Å²) in [5.74, 6) is -0.423. The lowest BCUT2D eigenvalue weighted by molar-refractivity contribution is -0.115. The van der Waals surface area contributed by atoms with Crippen molar-refractivity contribution in [3.63, 3.8) is 0 Å². The van der Waals surface area contributed by atoms with Crippen molar-refractivity contribution in [1.82, 2.24) is 5.32 Å². The molecule has 0 atom stereocenters. The van der Waals surface area contributed by atoms with E-state index in [1.165, 1.54) is 6.08 Å². The molecule has 1 N–H and O–H groups in total. The zero-order valence-corrected chi connectivity index (χ0v) is 11.0. The Kier molecular flexibility index (Phi) is 3.47. The van der Waals surface area contributed by atoms with E-state index in [1.807, 2.05) is 6.92 Å². The number of carbonyl (C=O) groups excluding carboxylic acids is 2. The number of nitrogens with one attached hydrogen (secondary N) is 1.